The Balaban J connectivity index is 2.35. The number of rotatable bonds is 7. The molecule has 0 bridgehead atoms. The van der Waals surface area contributed by atoms with Crippen molar-refractivity contribution in [3.63, 3.8) is 0 Å². The monoisotopic (exact) mass is 309 g/mol. The molecule has 0 saturated carbocycles. The molecule has 4 N–H and O–H groups in total. The van der Waals surface area contributed by atoms with Gasteiger partial charge in [-0.3, -0.25) is 9.63 Å². The highest BCUT2D eigenvalue weighted by Crippen LogP contribution is 2.06. The number of nitrogens with one attached hydrogen (secondary N) is 2. The van der Waals surface area contributed by atoms with Crippen LogP contribution in [0.5, 0.6) is 0 Å². The molecular formula is C15H23N3O4. The Kier molecular flexibility index (Phi) is 6.81. The van der Waals surface area contributed by atoms with Crippen molar-refractivity contribution in [1.82, 2.24) is 10.8 Å². The minimum absolute atomic E-state index is 0.0431. The van der Waals surface area contributed by atoms with Crippen molar-refractivity contribution in [3.05, 3.63) is 35.9 Å². The maximum absolute atomic E-state index is 11.6. The van der Waals surface area contributed by atoms with Crippen LogP contribution < -0.4 is 16.5 Å². The maximum atomic E-state index is 11.6. The molecule has 1 aromatic rings. The van der Waals surface area contributed by atoms with E-state index >= 15 is 0 Å². The molecule has 2 amide bonds. The molecule has 1 rings (SSSR count). The van der Waals surface area contributed by atoms with Crippen LogP contribution in [0.1, 0.15) is 26.3 Å². The van der Waals surface area contributed by atoms with Crippen LogP contribution in [0.25, 0.3) is 0 Å². The first-order valence-corrected chi connectivity index (χ1v) is 6.95. The summed E-state index contributed by atoms with van der Waals surface area (Å²) in [7, 11) is 0. The number of hydrogen-bond acceptors (Lipinski definition) is 5. The number of ether oxygens (including phenoxy) is 1. The number of hydroxylamine groups is 1. The van der Waals surface area contributed by atoms with Gasteiger partial charge < -0.3 is 15.8 Å². The highest BCUT2D eigenvalue weighted by molar-refractivity contribution is 5.84. The average molecular weight is 309 g/mol. The number of alkyl carbamates (subject to hydrolysis) is 1. The fourth-order valence-corrected chi connectivity index (χ4v) is 1.52. The Morgan fingerprint density at radius 3 is 2.41 bits per heavy atom. The zero-order valence-corrected chi connectivity index (χ0v) is 13.1. The minimum atomic E-state index is -0.925. The minimum Gasteiger partial charge on any atom is -0.444 e. The first kappa shape index (κ1) is 17.9. The van der Waals surface area contributed by atoms with Crippen LogP contribution in [-0.4, -0.2) is 30.2 Å². The van der Waals surface area contributed by atoms with Gasteiger partial charge in [-0.05, 0) is 26.3 Å². The summed E-state index contributed by atoms with van der Waals surface area (Å²) in [5.74, 6) is -0.679. The first-order valence-electron chi connectivity index (χ1n) is 6.95. The Bertz CT molecular complexity index is 485. The van der Waals surface area contributed by atoms with Gasteiger partial charge in [0.05, 0.1) is 13.2 Å². The summed E-state index contributed by atoms with van der Waals surface area (Å²) in [5, 5.41) is 2.39. The van der Waals surface area contributed by atoms with E-state index < -0.39 is 23.6 Å². The van der Waals surface area contributed by atoms with Gasteiger partial charge in [0.1, 0.15) is 11.6 Å². The van der Waals surface area contributed by atoms with Gasteiger partial charge in [-0.1, -0.05) is 30.3 Å². The predicted molar refractivity (Wildman–Crippen MR) is 81.6 cm³/mol. The predicted octanol–water partition coefficient (Wildman–Crippen LogP) is 1.09. The second-order valence-corrected chi connectivity index (χ2v) is 5.72. The van der Waals surface area contributed by atoms with E-state index in [4.69, 9.17) is 15.3 Å². The van der Waals surface area contributed by atoms with E-state index in [0.717, 1.165) is 5.56 Å². The third-order valence-electron chi connectivity index (χ3n) is 2.51. The lowest BCUT2D eigenvalue weighted by molar-refractivity contribution is -0.120. The molecule has 1 atom stereocenters. The van der Waals surface area contributed by atoms with Crippen molar-refractivity contribution in [1.29, 1.82) is 0 Å². The molecule has 0 aliphatic rings. The lowest BCUT2D eigenvalue weighted by atomic mass is 10.2. The molecule has 7 nitrogen and oxygen atoms in total. The van der Waals surface area contributed by atoms with Gasteiger partial charge >= 0.3 is 6.09 Å². The first-order chi connectivity index (χ1) is 10.3. The lowest BCUT2D eigenvalue weighted by Crippen LogP contribution is -2.51. The molecule has 0 saturated heterocycles. The molecule has 0 aliphatic heterocycles. The second-order valence-electron chi connectivity index (χ2n) is 5.72. The summed E-state index contributed by atoms with van der Waals surface area (Å²) in [6.07, 6.45) is -0.707. The van der Waals surface area contributed by atoms with Gasteiger partial charge in [-0.15, -0.1) is 0 Å². The summed E-state index contributed by atoms with van der Waals surface area (Å²) in [5.41, 5.74) is 8.18. The molecule has 0 aliphatic carbocycles. The standard InChI is InChI=1S/C15H23N3O4/c1-15(2,3)22-14(20)18-12(13(16)19)9-17-21-10-11-7-5-4-6-8-11/h4-8,12,17H,9-10H2,1-3H3,(H2,16,19)(H,18,20). The van der Waals surface area contributed by atoms with Gasteiger partial charge in [0.25, 0.3) is 0 Å². The highest BCUT2D eigenvalue weighted by Gasteiger charge is 2.22. The summed E-state index contributed by atoms with van der Waals surface area (Å²) in [4.78, 5) is 28.2. The lowest BCUT2D eigenvalue weighted by Gasteiger charge is -2.22. The molecule has 0 fully saturated rings. The fraction of sp³-hybridized carbons (Fsp3) is 0.467. The number of amides is 2. The van der Waals surface area contributed by atoms with Crippen LogP contribution >= 0.6 is 0 Å². The quantitative estimate of drug-likeness (QED) is 0.517. The van der Waals surface area contributed by atoms with Crippen molar-refractivity contribution in [2.45, 2.75) is 39.0 Å². The topological polar surface area (TPSA) is 103 Å². The molecule has 7 heteroatoms. The summed E-state index contributed by atoms with van der Waals surface area (Å²) < 4.78 is 5.07. The largest absolute Gasteiger partial charge is 0.444 e. The van der Waals surface area contributed by atoms with Crippen LogP contribution in [0.4, 0.5) is 4.79 Å². The molecule has 1 unspecified atom stereocenters. The van der Waals surface area contributed by atoms with E-state index in [1.165, 1.54) is 0 Å². The number of hydrogen-bond donors (Lipinski definition) is 3. The van der Waals surface area contributed by atoms with Crippen molar-refractivity contribution >= 4 is 12.0 Å². The van der Waals surface area contributed by atoms with Crippen molar-refractivity contribution in [2.24, 2.45) is 5.73 Å². The number of primary amides is 1. The van der Waals surface area contributed by atoms with Crippen molar-refractivity contribution < 1.29 is 19.2 Å². The van der Waals surface area contributed by atoms with Gasteiger partial charge in [-0.2, -0.15) is 5.48 Å². The number of nitrogens with two attached hydrogens (primary N) is 1. The molecule has 0 radical (unpaired) electrons. The smallest absolute Gasteiger partial charge is 0.408 e. The third-order valence-corrected chi connectivity index (χ3v) is 2.51. The Labute approximate surface area is 130 Å². The highest BCUT2D eigenvalue weighted by atomic mass is 16.6. The van der Waals surface area contributed by atoms with Gasteiger partial charge in [-0.25, -0.2) is 4.79 Å². The SMILES string of the molecule is CC(C)(C)OC(=O)NC(CNOCc1ccccc1)C(N)=O. The van der Waals surface area contributed by atoms with Crippen LogP contribution in [0, 0.1) is 0 Å². The Morgan fingerprint density at radius 1 is 1.23 bits per heavy atom. The van der Waals surface area contributed by atoms with Crippen LogP contribution in [0.15, 0.2) is 30.3 Å². The van der Waals surface area contributed by atoms with E-state index in [1.54, 1.807) is 20.8 Å². The molecule has 0 heterocycles. The van der Waals surface area contributed by atoms with Crippen LogP contribution in [0.2, 0.25) is 0 Å². The number of benzene rings is 1. The zero-order chi connectivity index (χ0) is 16.6. The second kappa shape index (κ2) is 8.35. The molecule has 1 aromatic carbocycles. The summed E-state index contributed by atoms with van der Waals surface area (Å²) in [6, 6.07) is 8.60. The van der Waals surface area contributed by atoms with E-state index in [2.05, 4.69) is 10.8 Å². The number of carbonyl (C=O) groups excluding carboxylic acids is 2. The molecule has 122 valence electrons. The normalized spacial score (nSPS) is 12.5. The molecule has 0 spiro atoms. The molecule has 22 heavy (non-hydrogen) atoms. The average Bonchev–Trinajstić information content (AvgIpc) is 2.41. The molecule has 0 aromatic heterocycles. The van der Waals surface area contributed by atoms with E-state index in [0.29, 0.717) is 6.61 Å². The van der Waals surface area contributed by atoms with Crippen molar-refractivity contribution in [3.8, 4) is 0 Å². The van der Waals surface area contributed by atoms with Gasteiger partial charge in [0.15, 0.2) is 0 Å². The Hall–Kier alpha value is -2.12. The van der Waals surface area contributed by atoms with Crippen molar-refractivity contribution in [2.75, 3.05) is 6.54 Å². The molecular weight excluding hydrogens is 286 g/mol. The van der Waals surface area contributed by atoms with E-state index in [-0.39, 0.29) is 6.54 Å². The van der Waals surface area contributed by atoms with E-state index in [1.807, 2.05) is 30.3 Å². The third kappa shape index (κ3) is 7.61. The summed E-state index contributed by atoms with van der Waals surface area (Å²) in [6.45, 7) is 5.56. The zero-order valence-electron chi connectivity index (χ0n) is 13.1. The van der Waals surface area contributed by atoms with Gasteiger partial charge in [0, 0.05) is 0 Å². The van der Waals surface area contributed by atoms with Crippen LogP contribution in [-0.2, 0) is 21.0 Å². The van der Waals surface area contributed by atoms with Gasteiger partial charge in [0.2, 0.25) is 5.91 Å². The summed E-state index contributed by atoms with van der Waals surface area (Å²) >= 11 is 0. The van der Waals surface area contributed by atoms with E-state index in [9.17, 15) is 9.59 Å². The number of carbonyl (C=O) groups is 2. The Morgan fingerprint density at radius 2 is 1.86 bits per heavy atom. The van der Waals surface area contributed by atoms with Crippen LogP contribution in [0.3, 0.4) is 0 Å². The maximum Gasteiger partial charge on any atom is 0.408 e. The fourth-order valence-electron chi connectivity index (χ4n) is 1.52.